The predicted octanol–water partition coefficient (Wildman–Crippen LogP) is 3.91. The number of methoxy groups -OCH3 is 1. The predicted molar refractivity (Wildman–Crippen MR) is 128 cm³/mol. The number of aromatic nitrogens is 1. The molecule has 1 aliphatic heterocycles. The van der Waals surface area contributed by atoms with Crippen LogP contribution in [0.25, 0.3) is 0 Å². The largest absolute Gasteiger partial charge is 0.497 e. The minimum Gasteiger partial charge on any atom is -0.497 e. The molecule has 0 saturated carbocycles. The molecule has 0 atom stereocenters. The van der Waals surface area contributed by atoms with Crippen LogP contribution in [0.1, 0.15) is 34.4 Å². The van der Waals surface area contributed by atoms with Gasteiger partial charge in [-0.3, -0.25) is 19.5 Å². The van der Waals surface area contributed by atoms with Crippen LogP contribution in [0, 0.1) is 0 Å². The second kappa shape index (κ2) is 8.84. The van der Waals surface area contributed by atoms with Crippen LogP contribution in [-0.2, 0) is 22.4 Å². The Morgan fingerprint density at radius 3 is 2.78 bits per heavy atom. The molecule has 5 rings (SSSR count). The van der Waals surface area contributed by atoms with Crippen LogP contribution in [0.15, 0.2) is 40.8 Å². The molecule has 3 aromatic rings. The van der Waals surface area contributed by atoms with Gasteiger partial charge in [-0.1, -0.05) is 0 Å². The first kappa shape index (κ1) is 20.8. The van der Waals surface area contributed by atoms with E-state index in [4.69, 9.17) is 9.73 Å². The van der Waals surface area contributed by atoms with E-state index in [2.05, 4.69) is 10.3 Å². The number of carbonyl (C=O) groups is 2. The molecule has 2 aromatic heterocycles. The molecule has 0 bridgehead atoms. The molecule has 3 heterocycles. The van der Waals surface area contributed by atoms with Crippen molar-refractivity contribution < 1.29 is 14.3 Å². The van der Waals surface area contributed by atoms with Crippen LogP contribution in [0.5, 0.6) is 5.75 Å². The van der Waals surface area contributed by atoms with Crippen LogP contribution in [-0.4, -0.2) is 42.7 Å². The maximum atomic E-state index is 13.1. The second-order valence-electron chi connectivity index (χ2n) is 7.65. The minimum atomic E-state index is -0.265. The molecular formula is C23H22N4O3S2. The molecule has 0 spiro atoms. The van der Waals surface area contributed by atoms with E-state index >= 15 is 0 Å². The number of aryl methyl sites for hydroxylation is 1. The third-order valence-electron chi connectivity index (χ3n) is 5.65. The zero-order valence-electron chi connectivity index (χ0n) is 17.6. The maximum absolute atomic E-state index is 13.1. The molecule has 2 aliphatic rings. The molecule has 0 fully saturated rings. The van der Waals surface area contributed by atoms with Gasteiger partial charge in [0.1, 0.15) is 23.8 Å². The lowest BCUT2D eigenvalue weighted by atomic mass is 9.91. The number of nitrogens with one attached hydrogen (secondary N) is 1. The van der Waals surface area contributed by atoms with Crippen molar-refractivity contribution in [1.82, 2.24) is 4.98 Å². The van der Waals surface area contributed by atoms with Gasteiger partial charge in [-0.05, 0) is 55.5 Å². The first-order chi connectivity index (χ1) is 15.6. The summed E-state index contributed by atoms with van der Waals surface area (Å²) in [5, 5.41) is 5.93. The van der Waals surface area contributed by atoms with E-state index in [1.807, 2.05) is 24.3 Å². The van der Waals surface area contributed by atoms with Crippen LogP contribution < -0.4 is 15.0 Å². The lowest BCUT2D eigenvalue weighted by molar-refractivity contribution is -0.120. The Morgan fingerprint density at radius 2 is 2.03 bits per heavy atom. The third-order valence-corrected chi connectivity index (χ3v) is 7.66. The Kier molecular flexibility index (Phi) is 5.75. The number of fused-ring (bicyclic) bond motifs is 3. The smallest absolute Gasteiger partial charge is 0.249 e. The van der Waals surface area contributed by atoms with Crippen LogP contribution in [0.3, 0.4) is 0 Å². The summed E-state index contributed by atoms with van der Waals surface area (Å²) in [6, 6.07) is 7.76. The Labute approximate surface area is 193 Å². The molecule has 9 heteroatoms. The highest BCUT2D eigenvalue weighted by atomic mass is 32.1. The van der Waals surface area contributed by atoms with Crippen molar-refractivity contribution in [3.63, 3.8) is 0 Å². The van der Waals surface area contributed by atoms with E-state index in [9.17, 15) is 9.59 Å². The average Bonchev–Trinajstić information content (AvgIpc) is 3.43. The Morgan fingerprint density at radius 1 is 1.22 bits per heavy atom. The van der Waals surface area contributed by atoms with Crippen molar-refractivity contribution in [2.75, 3.05) is 30.4 Å². The summed E-state index contributed by atoms with van der Waals surface area (Å²) in [5.41, 5.74) is 4.03. The summed E-state index contributed by atoms with van der Waals surface area (Å²) in [6.07, 6.45) is 5.85. The van der Waals surface area contributed by atoms with Gasteiger partial charge in [0, 0.05) is 27.6 Å². The van der Waals surface area contributed by atoms with Crippen molar-refractivity contribution in [3.05, 3.63) is 57.4 Å². The van der Waals surface area contributed by atoms with Gasteiger partial charge in [0.2, 0.25) is 11.8 Å². The molecule has 164 valence electrons. The van der Waals surface area contributed by atoms with Crippen molar-refractivity contribution >= 4 is 50.3 Å². The number of carbonyl (C=O) groups excluding carboxylic acids is 2. The lowest BCUT2D eigenvalue weighted by Crippen LogP contribution is -2.38. The van der Waals surface area contributed by atoms with Crippen molar-refractivity contribution in [2.24, 2.45) is 4.99 Å². The zero-order chi connectivity index (χ0) is 22.1. The molecule has 32 heavy (non-hydrogen) atoms. The van der Waals surface area contributed by atoms with Crippen LogP contribution in [0.2, 0.25) is 0 Å². The number of hydrogen-bond acceptors (Lipinski definition) is 7. The number of thiazole rings is 1. The van der Waals surface area contributed by atoms with Crippen molar-refractivity contribution in [1.29, 1.82) is 0 Å². The van der Waals surface area contributed by atoms with Crippen LogP contribution >= 0.6 is 22.7 Å². The molecular weight excluding hydrogens is 444 g/mol. The monoisotopic (exact) mass is 466 g/mol. The number of amides is 2. The summed E-state index contributed by atoms with van der Waals surface area (Å²) in [6.45, 7) is -0.0573. The topological polar surface area (TPSA) is 83.9 Å². The summed E-state index contributed by atoms with van der Waals surface area (Å²) < 4.78 is 5.30. The molecule has 2 amide bonds. The molecule has 0 unspecified atom stereocenters. The molecule has 1 aromatic carbocycles. The normalized spacial score (nSPS) is 15.5. The second-order valence-corrected chi connectivity index (χ2v) is 9.63. The highest BCUT2D eigenvalue weighted by molar-refractivity contribution is 7.17. The van der Waals surface area contributed by atoms with E-state index in [0.717, 1.165) is 53.3 Å². The fraction of sp³-hybridized carbons (Fsp3) is 0.304. The summed E-state index contributed by atoms with van der Waals surface area (Å²) >= 11 is 2.98. The maximum Gasteiger partial charge on any atom is 0.249 e. The number of rotatable bonds is 5. The van der Waals surface area contributed by atoms with Gasteiger partial charge >= 0.3 is 0 Å². The van der Waals surface area contributed by atoms with Gasteiger partial charge in [0.15, 0.2) is 5.13 Å². The third kappa shape index (κ3) is 3.93. The van der Waals surface area contributed by atoms with Gasteiger partial charge in [0.25, 0.3) is 0 Å². The number of aliphatic imine (C=N–C) groups is 1. The zero-order valence-corrected chi connectivity index (χ0v) is 19.2. The lowest BCUT2D eigenvalue weighted by Gasteiger charge is -2.20. The van der Waals surface area contributed by atoms with Gasteiger partial charge in [-0.25, -0.2) is 4.98 Å². The van der Waals surface area contributed by atoms with Crippen LogP contribution in [0.4, 0.5) is 10.1 Å². The number of nitrogens with zero attached hydrogens (tertiary/aromatic N) is 3. The van der Waals surface area contributed by atoms with Gasteiger partial charge < -0.3 is 10.1 Å². The molecule has 7 nitrogen and oxygen atoms in total. The van der Waals surface area contributed by atoms with Gasteiger partial charge in [-0.2, -0.15) is 0 Å². The Hall–Kier alpha value is -3.04. The Balaban J connectivity index is 1.55. The first-order valence-corrected chi connectivity index (χ1v) is 12.2. The summed E-state index contributed by atoms with van der Waals surface area (Å²) in [7, 11) is 1.64. The van der Waals surface area contributed by atoms with Gasteiger partial charge in [-0.15, -0.1) is 22.7 Å². The number of benzene rings is 1. The number of thiophene rings is 1. The molecule has 1 aliphatic carbocycles. The molecule has 1 N–H and O–H groups in total. The highest BCUT2D eigenvalue weighted by Crippen LogP contribution is 2.42. The minimum absolute atomic E-state index is 0.00205. The van der Waals surface area contributed by atoms with Crippen molar-refractivity contribution in [3.8, 4) is 5.75 Å². The fourth-order valence-electron chi connectivity index (χ4n) is 4.14. The standard InChI is InChI=1S/C23H22N4O3S2/c1-30-15-8-6-14(7-9-15)21-20-16-4-2-3-5-17(16)32-22(20)27(19(29)12-25-21)13-18(28)26-23-24-10-11-31-23/h6-11H,2-5,12-13H2,1H3,(H,24,26,28). The molecule has 0 radical (unpaired) electrons. The first-order valence-electron chi connectivity index (χ1n) is 10.5. The number of anilines is 2. The summed E-state index contributed by atoms with van der Waals surface area (Å²) in [4.78, 5) is 37.6. The number of hydrogen-bond donors (Lipinski definition) is 1. The molecule has 0 saturated heterocycles. The van der Waals surface area contributed by atoms with E-state index in [1.54, 1.807) is 34.9 Å². The number of ether oxygens (including phenoxy) is 1. The Bertz CT molecular complexity index is 1180. The van der Waals surface area contributed by atoms with Gasteiger partial charge in [0.05, 0.1) is 12.8 Å². The summed E-state index contributed by atoms with van der Waals surface area (Å²) in [5.74, 6) is 0.327. The highest BCUT2D eigenvalue weighted by Gasteiger charge is 2.33. The average molecular weight is 467 g/mol. The SMILES string of the molecule is COc1ccc(C2=NCC(=O)N(CC(=O)Nc3nccs3)c3sc4c(c32)CCCC4)cc1. The van der Waals surface area contributed by atoms with E-state index in [1.165, 1.54) is 21.8 Å². The van der Waals surface area contributed by atoms with Crippen molar-refractivity contribution in [2.45, 2.75) is 25.7 Å². The van der Waals surface area contributed by atoms with E-state index in [0.29, 0.717) is 5.13 Å². The fourth-order valence-corrected chi connectivity index (χ4v) is 6.09. The van der Waals surface area contributed by atoms with E-state index < -0.39 is 0 Å². The quantitative estimate of drug-likeness (QED) is 0.618. The van der Waals surface area contributed by atoms with E-state index in [-0.39, 0.29) is 24.9 Å².